The zero-order valence-electron chi connectivity index (χ0n) is 53.8. The molecule has 7 rings (SSSR count). The van der Waals surface area contributed by atoms with Gasteiger partial charge in [0.1, 0.15) is 5.82 Å². The number of nitrogens with zero attached hydrogens (tertiary/aromatic N) is 16. The second-order valence-electron chi connectivity index (χ2n) is 18.7. The monoisotopic (exact) mass is 1520 g/mol. The maximum Gasteiger partial charge on any atom is 0.416 e. The van der Waals surface area contributed by atoms with Crippen molar-refractivity contribution in [3.63, 3.8) is 0 Å². The molecule has 0 saturated carbocycles. The van der Waals surface area contributed by atoms with Gasteiger partial charge in [-0.1, -0.05) is 106 Å². The van der Waals surface area contributed by atoms with E-state index in [1.807, 2.05) is 73.7 Å². The molecule has 0 aromatic heterocycles. The van der Waals surface area contributed by atoms with E-state index in [9.17, 15) is 51.0 Å². The Balaban J connectivity index is 0.000000602. The van der Waals surface area contributed by atoms with Crippen molar-refractivity contribution < 1.29 is 40.6 Å². The van der Waals surface area contributed by atoms with E-state index in [-0.39, 0.29) is 64.2 Å². The van der Waals surface area contributed by atoms with Gasteiger partial charge < -0.3 is 80.3 Å². The van der Waals surface area contributed by atoms with Crippen molar-refractivity contribution in [2.75, 3.05) is 0 Å². The van der Waals surface area contributed by atoms with Gasteiger partial charge in [-0.2, -0.15) is 62.1 Å². The Morgan fingerprint density at radius 1 is 0.398 bits per heavy atom. The molecule has 0 heterocycles. The maximum absolute atomic E-state index is 12.8. The fourth-order valence-electron chi connectivity index (χ4n) is 6.16. The smallest absolute Gasteiger partial charge is 0.369 e. The summed E-state index contributed by atoms with van der Waals surface area (Å²) in [5.74, 6) is -1.71. The summed E-state index contributed by atoms with van der Waals surface area (Å²) < 4.78 is 88.1. The van der Waals surface area contributed by atoms with Crippen LogP contribution in [0.15, 0.2) is 246 Å². The standard InChI is InChI=1S/C10H11F3N4.C9H9F3N4.C9H12N4.C8H9BrN4.C8H9ClN4.C8H8FN5O2.C8H9N5O2/c1-6(16-17-9(14)15)7-3-2-4-8(5-7)10(11,12)13;10-9(11,12)7-3-1-2-6(4-7)5-15-16-8(13)14;1-7(12-13-9(10)11)8-5-3-2-4-6-8;2*9-7-3-1-6(2-4-7)5-12-13-8(10)11;9-6-1-2-7(14(15)16)5(3-6)4-12-13-8(10)11;9-8(10)12-11-5-6-1-3-7(4-2-6)13(14)15/h2-5H,1H3,(H4,14,15,17);1-5H,(H4,13,14,16);2-6H,1H3,(H4,10,11,13);2*1-5H,(H4,10,11,13);1-4H,(H4,10,11,13);1-5H,(H4,9,10,12)/b16-6+;15-5+;12-7+;2*12-5+;12-4+;11-5+. The second kappa shape index (κ2) is 46.4. The van der Waals surface area contributed by atoms with Gasteiger partial charge >= 0.3 is 12.4 Å². The number of benzene rings is 7. The number of nitro benzene ring substituents is 2. The largest absolute Gasteiger partial charge is 0.416 e. The molecule has 0 aliphatic heterocycles. The molecule has 34 nitrogen and oxygen atoms in total. The molecule has 28 N–H and O–H groups in total. The van der Waals surface area contributed by atoms with E-state index in [0.29, 0.717) is 21.9 Å². The Bertz CT molecular complexity index is 4210. The molecule has 0 spiro atoms. The predicted molar refractivity (Wildman–Crippen MR) is 394 cm³/mol. The zero-order chi connectivity index (χ0) is 77.7. The lowest BCUT2D eigenvalue weighted by atomic mass is 10.1. The van der Waals surface area contributed by atoms with Crippen LogP contribution in [0.1, 0.15) is 63.9 Å². The number of rotatable bonds is 16. The minimum atomic E-state index is -4.38. The predicted octanol–water partition coefficient (Wildman–Crippen LogP) is 6.25. The van der Waals surface area contributed by atoms with E-state index in [4.69, 9.17) is 91.9 Å². The first-order valence-corrected chi connectivity index (χ1v) is 29.0. The minimum Gasteiger partial charge on any atom is -0.369 e. The summed E-state index contributed by atoms with van der Waals surface area (Å²) in [7, 11) is 0. The van der Waals surface area contributed by atoms with Gasteiger partial charge in [0, 0.05) is 27.7 Å². The van der Waals surface area contributed by atoms with Gasteiger partial charge in [0.2, 0.25) is 41.7 Å². The molecule has 0 aliphatic rings. The van der Waals surface area contributed by atoms with Gasteiger partial charge in [-0.15, -0.1) is 35.7 Å². The van der Waals surface area contributed by atoms with Gasteiger partial charge in [0.05, 0.1) is 69.0 Å². The highest BCUT2D eigenvalue weighted by Gasteiger charge is 2.31. The number of non-ortho nitro benzene ring substituents is 1. The number of hydrogen-bond donors (Lipinski definition) is 14. The third-order valence-electron chi connectivity index (χ3n) is 10.6. The van der Waals surface area contributed by atoms with E-state index in [2.05, 4.69) is 87.3 Å². The average Bonchev–Trinajstić information content (AvgIpc) is 0.857. The van der Waals surface area contributed by atoms with Gasteiger partial charge in [-0.25, -0.2) is 4.39 Å². The normalized spacial score (nSPS) is 10.9. The number of alkyl halides is 6. The number of nitrogens with two attached hydrogens (primary N) is 14. The van der Waals surface area contributed by atoms with Crippen molar-refractivity contribution in [3.05, 3.63) is 255 Å². The Morgan fingerprint density at radius 3 is 1.16 bits per heavy atom. The first-order valence-electron chi connectivity index (χ1n) is 27.8. The Kier molecular flexibility index (Phi) is 39.3. The highest BCUT2D eigenvalue weighted by molar-refractivity contribution is 9.10. The SMILES string of the molecule is C/C(=N\N=C(N)N)c1cccc(C(F)(F)F)c1.C/C(=N\N=C(N)N)c1ccccc1.NC(N)=N/N=C/c1cc(F)ccc1[N+](=O)[O-].NC(N)=N/N=C/c1ccc(Br)cc1.NC(N)=N/N=C/c1ccc(Cl)cc1.NC(N)=N/N=C/c1ccc([N+](=O)[O-])cc1.NC(N)=N/N=C/c1cccc(C(F)(F)F)c1. The molecule has 0 aliphatic carbocycles. The number of nitro groups is 2. The Labute approximate surface area is 594 Å². The number of halogens is 9. The van der Waals surface area contributed by atoms with Crippen LogP contribution < -0.4 is 80.3 Å². The van der Waals surface area contributed by atoms with Crippen LogP contribution in [-0.2, 0) is 12.4 Å². The lowest BCUT2D eigenvalue weighted by Crippen LogP contribution is -2.22. The molecule has 0 fully saturated rings. The van der Waals surface area contributed by atoms with Gasteiger partial charge in [-0.3, -0.25) is 20.2 Å². The van der Waals surface area contributed by atoms with E-state index >= 15 is 0 Å². The molecule has 0 atom stereocenters. The van der Waals surface area contributed by atoms with Crippen LogP contribution in [0.3, 0.4) is 0 Å². The van der Waals surface area contributed by atoms with E-state index in [1.165, 1.54) is 55.8 Å². The molecule has 0 saturated heterocycles. The van der Waals surface area contributed by atoms with Crippen LogP contribution in [0.5, 0.6) is 0 Å². The molecule has 103 heavy (non-hydrogen) atoms. The van der Waals surface area contributed by atoms with Crippen LogP contribution in [0.4, 0.5) is 42.1 Å². The van der Waals surface area contributed by atoms with Gasteiger partial charge in [-0.05, 0) is 120 Å². The van der Waals surface area contributed by atoms with Crippen LogP contribution in [0.2, 0.25) is 5.02 Å². The summed E-state index contributed by atoms with van der Waals surface area (Å²) in [5, 5.41) is 70.4. The molecule has 0 unspecified atom stereocenters. The lowest BCUT2D eigenvalue weighted by molar-refractivity contribution is -0.385. The molecule has 0 bridgehead atoms. The molecule has 0 amide bonds. The molecule has 0 radical (unpaired) electrons. The fourth-order valence-corrected chi connectivity index (χ4v) is 6.55. The maximum atomic E-state index is 12.8. The molecule has 43 heteroatoms. The van der Waals surface area contributed by atoms with Crippen molar-refractivity contribution in [2.24, 2.45) is 152 Å². The second-order valence-corrected chi connectivity index (χ2v) is 20.1. The quantitative estimate of drug-likeness (QED) is 0.0167. The van der Waals surface area contributed by atoms with Crippen molar-refractivity contribution in [1.82, 2.24) is 0 Å². The summed E-state index contributed by atoms with van der Waals surface area (Å²) >= 11 is 9.01. The summed E-state index contributed by atoms with van der Waals surface area (Å²) in [4.78, 5) is 19.8. The van der Waals surface area contributed by atoms with E-state index in [1.54, 1.807) is 30.5 Å². The summed E-state index contributed by atoms with van der Waals surface area (Å²) in [5.41, 5.74) is 74.2. The van der Waals surface area contributed by atoms with Crippen LogP contribution in [-0.4, -0.2) is 94.1 Å². The molecular weight excluding hydrogens is 1450 g/mol. The van der Waals surface area contributed by atoms with Crippen LogP contribution in [0, 0.1) is 26.0 Å². The van der Waals surface area contributed by atoms with Gasteiger partial charge in [0.25, 0.3) is 11.4 Å². The summed E-state index contributed by atoms with van der Waals surface area (Å²) in [6.45, 7) is 3.36. The molecule has 7 aromatic carbocycles. The average molecular weight is 1520 g/mol. The topological polar surface area (TPSA) is 624 Å². The zero-order valence-corrected chi connectivity index (χ0v) is 56.2. The Hall–Kier alpha value is -13.8. The fraction of sp³-hybridized carbons (Fsp3) is 0.0667. The third-order valence-corrected chi connectivity index (χ3v) is 11.3. The molecule has 544 valence electrons. The van der Waals surface area contributed by atoms with Crippen molar-refractivity contribution in [1.29, 1.82) is 0 Å². The highest BCUT2D eigenvalue weighted by atomic mass is 79.9. The van der Waals surface area contributed by atoms with Crippen LogP contribution >= 0.6 is 27.5 Å². The minimum absolute atomic E-state index is 0.0185. The number of guanidine groups is 7. The van der Waals surface area contributed by atoms with Crippen molar-refractivity contribution >= 4 is 123 Å². The van der Waals surface area contributed by atoms with Gasteiger partial charge in [0.15, 0.2) is 0 Å². The highest BCUT2D eigenvalue weighted by Crippen LogP contribution is 2.30. The van der Waals surface area contributed by atoms with E-state index in [0.717, 1.165) is 81.8 Å². The lowest BCUT2D eigenvalue weighted by Gasteiger charge is -2.07. The molecular formula is C60H67BrClF7N30O4. The van der Waals surface area contributed by atoms with E-state index < -0.39 is 39.1 Å². The van der Waals surface area contributed by atoms with Crippen LogP contribution in [0.25, 0.3) is 0 Å². The number of hydrogen-bond acceptors (Lipinski definition) is 18. The first-order chi connectivity index (χ1) is 48.4. The van der Waals surface area contributed by atoms with Crippen molar-refractivity contribution in [3.8, 4) is 0 Å². The summed E-state index contributed by atoms with van der Waals surface area (Å²) in [6.07, 6.45) is -2.12. The molecule has 7 aromatic rings. The first kappa shape index (κ1) is 87.2. The Morgan fingerprint density at radius 2 is 0.757 bits per heavy atom. The summed E-state index contributed by atoms with van der Waals surface area (Å²) in [6, 6.07) is 42.7. The van der Waals surface area contributed by atoms with Crippen molar-refractivity contribution in [2.45, 2.75) is 26.2 Å². The third kappa shape index (κ3) is 41.8.